The fourth-order valence-electron chi connectivity index (χ4n) is 2.00. The monoisotopic (exact) mass is 134 g/mol. The molecule has 1 fully saturated rings. The normalized spacial score (nSPS) is 49.6. The van der Waals surface area contributed by atoms with Crippen molar-refractivity contribution in [3.8, 4) is 12.3 Å². The highest BCUT2D eigenvalue weighted by Crippen LogP contribution is 2.43. The van der Waals surface area contributed by atoms with Gasteiger partial charge in [0.1, 0.15) is 0 Å². The van der Waals surface area contributed by atoms with E-state index in [-0.39, 0.29) is 12.0 Å². The first-order valence-corrected chi connectivity index (χ1v) is 3.65. The summed E-state index contributed by atoms with van der Waals surface area (Å²) in [5.74, 6) is 3.62. The molecular weight excluding hydrogens is 124 g/mol. The molecule has 2 aliphatic rings. The average Bonchev–Trinajstić information content (AvgIpc) is 2.46. The van der Waals surface area contributed by atoms with Crippen molar-refractivity contribution in [2.75, 3.05) is 0 Å². The maximum atomic E-state index is 9.47. The van der Waals surface area contributed by atoms with Crippen LogP contribution in [0.1, 0.15) is 6.42 Å². The zero-order chi connectivity index (χ0) is 7.14. The van der Waals surface area contributed by atoms with Crippen LogP contribution in [0.3, 0.4) is 0 Å². The molecule has 0 heterocycles. The lowest BCUT2D eigenvalue weighted by molar-refractivity contribution is 0.134. The van der Waals surface area contributed by atoms with Crippen molar-refractivity contribution < 1.29 is 5.11 Å². The van der Waals surface area contributed by atoms with E-state index in [2.05, 4.69) is 18.1 Å². The molecule has 4 atom stereocenters. The molecule has 0 spiro atoms. The van der Waals surface area contributed by atoms with Crippen LogP contribution < -0.4 is 0 Å². The predicted molar refractivity (Wildman–Crippen MR) is 39.1 cm³/mol. The summed E-state index contributed by atoms with van der Waals surface area (Å²) in [6, 6.07) is 0. The van der Waals surface area contributed by atoms with Crippen molar-refractivity contribution in [2.45, 2.75) is 12.5 Å². The molecule has 1 saturated carbocycles. The van der Waals surface area contributed by atoms with Gasteiger partial charge in [-0.15, -0.1) is 12.3 Å². The highest BCUT2D eigenvalue weighted by Gasteiger charge is 2.42. The predicted octanol–water partition coefficient (Wildman–Crippen LogP) is 0.803. The molecular formula is C9H10O. The Labute approximate surface area is 60.8 Å². The first-order chi connectivity index (χ1) is 4.83. The number of aliphatic hydroxyl groups excluding tert-OH is 1. The summed E-state index contributed by atoms with van der Waals surface area (Å²) in [7, 11) is 0. The Bertz CT molecular complexity index is 211. The van der Waals surface area contributed by atoms with Gasteiger partial charge < -0.3 is 5.11 Å². The van der Waals surface area contributed by atoms with Gasteiger partial charge in [-0.25, -0.2) is 0 Å². The summed E-state index contributed by atoms with van der Waals surface area (Å²) in [6.07, 6.45) is 10.2. The molecule has 1 N–H and O–H groups in total. The highest BCUT2D eigenvalue weighted by molar-refractivity contribution is 5.20. The van der Waals surface area contributed by atoms with E-state index in [0.717, 1.165) is 6.42 Å². The third-order valence-electron chi connectivity index (χ3n) is 2.62. The molecule has 4 unspecified atom stereocenters. The summed E-state index contributed by atoms with van der Waals surface area (Å²) < 4.78 is 0. The molecule has 0 aromatic heterocycles. The van der Waals surface area contributed by atoms with Crippen LogP contribution in [0.15, 0.2) is 12.2 Å². The second-order valence-electron chi connectivity index (χ2n) is 3.13. The van der Waals surface area contributed by atoms with Crippen LogP contribution in [0.25, 0.3) is 0 Å². The lowest BCUT2D eigenvalue weighted by atomic mass is 9.95. The number of aliphatic hydroxyl groups is 1. The molecule has 1 nitrogen and oxygen atoms in total. The summed E-state index contributed by atoms with van der Waals surface area (Å²) in [5.41, 5.74) is 0. The Balaban J connectivity index is 2.25. The van der Waals surface area contributed by atoms with Crippen LogP contribution in [0.5, 0.6) is 0 Å². The Morgan fingerprint density at radius 1 is 1.50 bits per heavy atom. The zero-order valence-electron chi connectivity index (χ0n) is 5.70. The van der Waals surface area contributed by atoms with Gasteiger partial charge in [-0.05, 0) is 6.42 Å². The molecule has 52 valence electrons. The van der Waals surface area contributed by atoms with Gasteiger partial charge in [0.15, 0.2) is 0 Å². The van der Waals surface area contributed by atoms with Gasteiger partial charge in [0.25, 0.3) is 0 Å². The van der Waals surface area contributed by atoms with Gasteiger partial charge in [-0.2, -0.15) is 0 Å². The SMILES string of the molecule is C#CC1CC2C=CC1C2O. The summed E-state index contributed by atoms with van der Waals surface area (Å²) >= 11 is 0. The fourth-order valence-corrected chi connectivity index (χ4v) is 2.00. The third-order valence-corrected chi connectivity index (χ3v) is 2.62. The van der Waals surface area contributed by atoms with Gasteiger partial charge in [-0.3, -0.25) is 0 Å². The quantitative estimate of drug-likeness (QED) is 0.384. The molecule has 0 aromatic carbocycles. The van der Waals surface area contributed by atoms with E-state index < -0.39 is 0 Å². The van der Waals surface area contributed by atoms with Crippen molar-refractivity contribution in [2.24, 2.45) is 17.8 Å². The lowest BCUT2D eigenvalue weighted by Gasteiger charge is -2.10. The molecule has 0 saturated heterocycles. The van der Waals surface area contributed by atoms with Crippen LogP contribution in [-0.2, 0) is 0 Å². The number of rotatable bonds is 0. The Morgan fingerprint density at radius 2 is 2.30 bits per heavy atom. The van der Waals surface area contributed by atoms with Gasteiger partial charge in [0.05, 0.1) is 6.10 Å². The largest absolute Gasteiger partial charge is 0.392 e. The topological polar surface area (TPSA) is 20.2 Å². The molecule has 0 amide bonds. The van der Waals surface area contributed by atoms with E-state index in [1.807, 2.05) is 0 Å². The van der Waals surface area contributed by atoms with Gasteiger partial charge in [0.2, 0.25) is 0 Å². The smallest absolute Gasteiger partial charge is 0.0677 e. The van der Waals surface area contributed by atoms with Gasteiger partial charge >= 0.3 is 0 Å². The minimum atomic E-state index is -0.180. The summed E-state index contributed by atoms with van der Waals surface area (Å²) in [4.78, 5) is 0. The molecule has 0 aromatic rings. The first kappa shape index (κ1) is 6.00. The maximum absolute atomic E-state index is 9.47. The van der Waals surface area contributed by atoms with E-state index in [1.165, 1.54) is 0 Å². The minimum Gasteiger partial charge on any atom is -0.392 e. The van der Waals surface area contributed by atoms with Crippen LogP contribution in [0.2, 0.25) is 0 Å². The number of hydrogen-bond donors (Lipinski definition) is 1. The van der Waals surface area contributed by atoms with Gasteiger partial charge in [-0.1, -0.05) is 12.2 Å². The second-order valence-corrected chi connectivity index (χ2v) is 3.13. The molecule has 10 heavy (non-hydrogen) atoms. The maximum Gasteiger partial charge on any atom is 0.0677 e. The van der Waals surface area contributed by atoms with Crippen molar-refractivity contribution in [1.82, 2.24) is 0 Å². The first-order valence-electron chi connectivity index (χ1n) is 3.65. The van der Waals surface area contributed by atoms with Crippen molar-refractivity contribution in [3.63, 3.8) is 0 Å². The van der Waals surface area contributed by atoms with Crippen molar-refractivity contribution in [1.29, 1.82) is 0 Å². The number of fused-ring (bicyclic) bond motifs is 2. The van der Waals surface area contributed by atoms with Gasteiger partial charge in [0, 0.05) is 17.8 Å². The van der Waals surface area contributed by atoms with E-state index >= 15 is 0 Å². The van der Waals surface area contributed by atoms with Crippen molar-refractivity contribution in [3.05, 3.63) is 12.2 Å². The Kier molecular flexibility index (Phi) is 1.12. The Morgan fingerprint density at radius 3 is 2.60 bits per heavy atom. The molecule has 2 bridgehead atoms. The molecule has 0 aliphatic heterocycles. The van der Waals surface area contributed by atoms with Crippen LogP contribution in [0.4, 0.5) is 0 Å². The standard InChI is InChI=1S/C9H10O/c1-2-6-5-7-3-4-8(6)9(7)10/h1,3-4,6-10H,5H2. The molecule has 0 radical (unpaired) electrons. The van der Waals surface area contributed by atoms with E-state index in [9.17, 15) is 5.11 Å². The minimum absolute atomic E-state index is 0.180. The second kappa shape index (κ2) is 1.87. The zero-order valence-corrected chi connectivity index (χ0v) is 5.70. The fraction of sp³-hybridized carbons (Fsp3) is 0.556. The molecule has 2 rings (SSSR count). The van der Waals surface area contributed by atoms with Crippen LogP contribution in [-0.4, -0.2) is 11.2 Å². The molecule has 2 aliphatic carbocycles. The summed E-state index contributed by atoms with van der Waals surface area (Å²) in [5, 5.41) is 9.47. The number of hydrogen-bond acceptors (Lipinski definition) is 1. The summed E-state index contributed by atoms with van der Waals surface area (Å²) in [6.45, 7) is 0. The average molecular weight is 134 g/mol. The van der Waals surface area contributed by atoms with E-state index in [0.29, 0.717) is 11.8 Å². The van der Waals surface area contributed by atoms with Crippen molar-refractivity contribution >= 4 is 0 Å². The van der Waals surface area contributed by atoms with E-state index in [4.69, 9.17) is 6.42 Å². The lowest BCUT2D eigenvalue weighted by Crippen LogP contribution is -2.14. The molecule has 1 heteroatoms. The third kappa shape index (κ3) is 0.574. The van der Waals surface area contributed by atoms with Crippen LogP contribution >= 0.6 is 0 Å². The highest BCUT2D eigenvalue weighted by atomic mass is 16.3. The Hall–Kier alpha value is -0.740. The number of terminal acetylenes is 1. The van der Waals surface area contributed by atoms with Crippen LogP contribution in [0, 0.1) is 30.1 Å². The van der Waals surface area contributed by atoms with E-state index in [1.54, 1.807) is 0 Å².